The first kappa shape index (κ1) is 21.3. The Morgan fingerprint density at radius 3 is 2.28 bits per heavy atom. The van der Waals surface area contributed by atoms with Crippen LogP contribution in [0.1, 0.15) is 42.5 Å². The first-order valence-corrected chi connectivity index (χ1v) is 12.0. The van der Waals surface area contributed by atoms with Crippen molar-refractivity contribution >= 4 is 28.3 Å². The summed E-state index contributed by atoms with van der Waals surface area (Å²) >= 11 is 0. The van der Waals surface area contributed by atoms with Gasteiger partial charge in [0.2, 0.25) is 5.91 Å². The van der Waals surface area contributed by atoms with Crippen LogP contribution in [0, 0.1) is 0 Å². The van der Waals surface area contributed by atoms with E-state index < -0.39 is 0 Å². The standard InChI is InChI=1S/C26H34N4O2/c1-27(2)23-11-10-22(20-8-3-4-9-21(20)23)25(32)29-16-7-12-26(19-29)13-17-30(26)18-24(31)28-14-5-6-15-28/h3-4,8-11H,5-7,12-19H2,1-2H3/t26-/m0/s1. The molecule has 3 aliphatic rings. The van der Waals surface area contributed by atoms with Crippen LogP contribution in [0.15, 0.2) is 36.4 Å². The molecular weight excluding hydrogens is 400 g/mol. The van der Waals surface area contributed by atoms with Crippen molar-refractivity contribution in [2.24, 2.45) is 0 Å². The summed E-state index contributed by atoms with van der Waals surface area (Å²) in [5.41, 5.74) is 1.88. The van der Waals surface area contributed by atoms with E-state index in [1.165, 1.54) is 0 Å². The first-order chi connectivity index (χ1) is 15.5. The van der Waals surface area contributed by atoms with Gasteiger partial charge in [0.25, 0.3) is 5.91 Å². The number of hydrogen-bond donors (Lipinski definition) is 0. The Labute approximate surface area is 190 Å². The summed E-state index contributed by atoms with van der Waals surface area (Å²) in [6.45, 7) is 4.78. The molecule has 0 radical (unpaired) electrons. The second-order valence-corrected chi connectivity index (χ2v) is 9.89. The third kappa shape index (κ3) is 3.64. The average molecular weight is 435 g/mol. The minimum absolute atomic E-state index is 0.0251. The Morgan fingerprint density at radius 2 is 1.59 bits per heavy atom. The maximum atomic E-state index is 13.7. The molecule has 6 heteroatoms. The van der Waals surface area contributed by atoms with Gasteiger partial charge in [-0.2, -0.15) is 0 Å². The summed E-state index contributed by atoms with van der Waals surface area (Å²) in [5, 5.41) is 2.12. The topological polar surface area (TPSA) is 47.1 Å². The number of nitrogens with zero attached hydrogens (tertiary/aromatic N) is 4. The molecule has 3 heterocycles. The lowest BCUT2D eigenvalue weighted by Gasteiger charge is -2.57. The molecule has 0 aromatic heterocycles. The summed E-state index contributed by atoms with van der Waals surface area (Å²) in [4.78, 5) is 34.9. The zero-order valence-corrected chi connectivity index (χ0v) is 19.3. The Morgan fingerprint density at radius 1 is 0.875 bits per heavy atom. The highest BCUT2D eigenvalue weighted by Crippen LogP contribution is 2.39. The number of anilines is 1. The van der Waals surface area contributed by atoms with Gasteiger partial charge >= 0.3 is 0 Å². The fourth-order valence-corrected chi connectivity index (χ4v) is 5.84. The summed E-state index contributed by atoms with van der Waals surface area (Å²) in [5.74, 6) is 0.374. The summed E-state index contributed by atoms with van der Waals surface area (Å²) in [6.07, 6.45) is 5.39. The SMILES string of the molecule is CN(C)c1ccc(C(=O)N2CCC[C@]3(CCN3CC(=O)N3CCCC3)C2)c2ccccc12. The fraction of sp³-hybridized carbons (Fsp3) is 0.538. The number of fused-ring (bicyclic) bond motifs is 1. The molecule has 3 fully saturated rings. The number of likely N-dealkylation sites (tertiary alicyclic amines) is 3. The zero-order valence-electron chi connectivity index (χ0n) is 19.3. The average Bonchev–Trinajstić information content (AvgIpc) is 3.35. The lowest BCUT2D eigenvalue weighted by atomic mass is 9.77. The molecule has 1 atom stereocenters. The van der Waals surface area contributed by atoms with E-state index in [2.05, 4.69) is 28.0 Å². The minimum atomic E-state index is -0.0251. The summed E-state index contributed by atoms with van der Waals surface area (Å²) in [7, 11) is 4.07. The van der Waals surface area contributed by atoms with E-state index in [4.69, 9.17) is 0 Å². The normalized spacial score (nSPS) is 23.6. The second-order valence-electron chi connectivity index (χ2n) is 9.89. The number of hydrogen-bond acceptors (Lipinski definition) is 4. The van der Waals surface area contributed by atoms with E-state index in [0.717, 1.165) is 86.9 Å². The largest absolute Gasteiger partial charge is 0.377 e. The van der Waals surface area contributed by atoms with Crippen molar-refractivity contribution in [3.05, 3.63) is 42.0 Å². The highest BCUT2D eigenvalue weighted by Gasteiger charge is 2.49. The van der Waals surface area contributed by atoms with Gasteiger partial charge in [-0.25, -0.2) is 0 Å². The Kier molecular flexibility index (Phi) is 5.58. The fourth-order valence-electron chi connectivity index (χ4n) is 5.84. The summed E-state index contributed by atoms with van der Waals surface area (Å²) < 4.78 is 0. The number of carbonyl (C=O) groups is 2. The molecule has 3 aliphatic heterocycles. The van der Waals surface area contributed by atoms with E-state index >= 15 is 0 Å². The number of carbonyl (C=O) groups excluding carboxylic acids is 2. The number of benzene rings is 2. The van der Waals surface area contributed by atoms with E-state index in [1.807, 2.05) is 42.1 Å². The van der Waals surface area contributed by atoms with Crippen LogP contribution in [0.5, 0.6) is 0 Å². The Balaban J connectivity index is 1.35. The van der Waals surface area contributed by atoms with Crippen molar-refractivity contribution in [1.29, 1.82) is 0 Å². The highest BCUT2D eigenvalue weighted by atomic mass is 16.2. The summed E-state index contributed by atoms with van der Waals surface area (Å²) in [6, 6.07) is 12.2. The van der Waals surface area contributed by atoms with E-state index in [9.17, 15) is 9.59 Å². The van der Waals surface area contributed by atoms with E-state index in [0.29, 0.717) is 6.54 Å². The van der Waals surface area contributed by atoms with Crippen molar-refractivity contribution in [2.45, 2.75) is 37.6 Å². The van der Waals surface area contributed by atoms with Gasteiger partial charge in [-0.1, -0.05) is 24.3 Å². The van der Waals surface area contributed by atoms with Crippen LogP contribution in [0.2, 0.25) is 0 Å². The predicted octanol–water partition coefficient (Wildman–Crippen LogP) is 3.21. The lowest BCUT2D eigenvalue weighted by molar-refractivity contribution is -0.138. The molecule has 2 aromatic rings. The maximum Gasteiger partial charge on any atom is 0.254 e. The van der Waals surface area contributed by atoms with Crippen LogP contribution in [0.25, 0.3) is 10.8 Å². The molecule has 6 nitrogen and oxygen atoms in total. The van der Waals surface area contributed by atoms with Gasteiger partial charge in [0.15, 0.2) is 0 Å². The zero-order chi connectivity index (χ0) is 22.3. The number of amides is 2. The number of piperidine rings is 1. The van der Waals surface area contributed by atoms with Crippen LogP contribution < -0.4 is 4.90 Å². The van der Waals surface area contributed by atoms with Gasteiger partial charge in [0.05, 0.1) is 6.54 Å². The molecule has 0 bridgehead atoms. The van der Waals surface area contributed by atoms with E-state index in [1.54, 1.807) is 0 Å². The Bertz CT molecular complexity index is 1030. The van der Waals surface area contributed by atoms with Gasteiger partial charge < -0.3 is 14.7 Å². The first-order valence-electron chi connectivity index (χ1n) is 12.0. The van der Waals surface area contributed by atoms with Crippen molar-refractivity contribution < 1.29 is 9.59 Å². The Hall–Kier alpha value is -2.60. The van der Waals surface area contributed by atoms with Crippen molar-refractivity contribution in [3.8, 4) is 0 Å². The van der Waals surface area contributed by atoms with Gasteiger partial charge in [-0.3, -0.25) is 14.5 Å². The third-order valence-electron chi connectivity index (χ3n) is 7.76. The molecule has 2 amide bonds. The van der Waals surface area contributed by atoms with Crippen LogP contribution in [-0.4, -0.2) is 85.4 Å². The van der Waals surface area contributed by atoms with Gasteiger partial charge in [0.1, 0.15) is 0 Å². The van der Waals surface area contributed by atoms with Crippen LogP contribution >= 0.6 is 0 Å². The van der Waals surface area contributed by atoms with Gasteiger partial charge in [-0.05, 0) is 49.6 Å². The quantitative estimate of drug-likeness (QED) is 0.742. The van der Waals surface area contributed by atoms with Crippen molar-refractivity contribution in [2.75, 3.05) is 58.3 Å². The van der Waals surface area contributed by atoms with Crippen LogP contribution in [0.4, 0.5) is 5.69 Å². The molecule has 0 saturated carbocycles. The molecule has 0 N–H and O–H groups in total. The molecule has 5 rings (SSSR count). The molecular formula is C26H34N4O2. The van der Waals surface area contributed by atoms with Crippen molar-refractivity contribution in [3.63, 3.8) is 0 Å². The molecule has 1 spiro atoms. The van der Waals surface area contributed by atoms with Crippen molar-refractivity contribution in [1.82, 2.24) is 14.7 Å². The van der Waals surface area contributed by atoms with Crippen LogP contribution in [-0.2, 0) is 4.79 Å². The van der Waals surface area contributed by atoms with Crippen LogP contribution in [0.3, 0.4) is 0 Å². The molecule has 0 unspecified atom stereocenters. The van der Waals surface area contributed by atoms with Gasteiger partial charge in [-0.15, -0.1) is 0 Å². The second kappa shape index (κ2) is 8.39. The molecule has 170 valence electrons. The van der Waals surface area contributed by atoms with Gasteiger partial charge in [0, 0.05) is 69.0 Å². The molecule has 32 heavy (non-hydrogen) atoms. The third-order valence-corrected chi connectivity index (χ3v) is 7.76. The molecule has 0 aliphatic carbocycles. The molecule has 2 aromatic carbocycles. The number of rotatable bonds is 4. The monoisotopic (exact) mass is 434 g/mol. The maximum absolute atomic E-state index is 13.7. The predicted molar refractivity (Wildman–Crippen MR) is 128 cm³/mol. The van der Waals surface area contributed by atoms with E-state index in [-0.39, 0.29) is 17.4 Å². The minimum Gasteiger partial charge on any atom is -0.377 e. The molecule has 3 saturated heterocycles. The smallest absolute Gasteiger partial charge is 0.254 e. The lowest BCUT2D eigenvalue weighted by Crippen LogP contribution is -2.68. The highest BCUT2D eigenvalue weighted by molar-refractivity contribution is 6.10.